The molecule has 4 atom stereocenters. The fourth-order valence-electron chi connectivity index (χ4n) is 5.09. The van der Waals surface area contributed by atoms with Gasteiger partial charge in [-0.2, -0.15) is 0 Å². The summed E-state index contributed by atoms with van der Waals surface area (Å²) < 4.78 is 0. The smallest absolute Gasteiger partial charge is 0.227 e. The normalized spacial score (nSPS) is 26.6. The molecule has 0 N–H and O–H groups in total. The van der Waals surface area contributed by atoms with E-state index in [9.17, 15) is 4.79 Å². The molecule has 1 aliphatic heterocycles. The van der Waals surface area contributed by atoms with Gasteiger partial charge in [-0.05, 0) is 40.3 Å². The molecule has 140 valence electrons. The van der Waals surface area contributed by atoms with E-state index in [1.165, 1.54) is 21.9 Å². The van der Waals surface area contributed by atoms with Gasteiger partial charge in [0, 0.05) is 18.4 Å². The highest BCUT2D eigenvalue weighted by Crippen LogP contribution is 2.49. The quantitative estimate of drug-likeness (QED) is 0.540. The third kappa shape index (κ3) is 2.84. The van der Waals surface area contributed by atoms with E-state index in [1.54, 1.807) is 0 Å². The van der Waals surface area contributed by atoms with E-state index in [2.05, 4.69) is 90.7 Å². The van der Waals surface area contributed by atoms with Gasteiger partial charge in [0.2, 0.25) is 5.91 Å². The molecule has 1 aliphatic carbocycles. The zero-order chi connectivity index (χ0) is 19.1. The molecule has 5 rings (SSSR count). The molecule has 0 bridgehead atoms. The number of hydrogen-bond donors (Lipinski definition) is 0. The Morgan fingerprint density at radius 2 is 1.68 bits per heavy atom. The molecule has 0 radical (unpaired) electrons. The van der Waals surface area contributed by atoms with Crippen LogP contribution in [0.4, 0.5) is 0 Å². The lowest BCUT2D eigenvalue weighted by Crippen LogP contribution is -2.30. The van der Waals surface area contributed by atoms with E-state index in [1.807, 2.05) is 6.07 Å². The Hall–Kier alpha value is -2.87. The second kappa shape index (κ2) is 6.94. The van der Waals surface area contributed by atoms with Crippen LogP contribution in [0.15, 0.2) is 84.9 Å². The topological polar surface area (TPSA) is 20.3 Å². The van der Waals surface area contributed by atoms with E-state index in [0.29, 0.717) is 18.4 Å². The van der Waals surface area contributed by atoms with Crippen LogP contribution in [-0.4, -0.2) is 10.8 Å². The highest BCUT2D eigenvalue weighted by atomic mass is 16.2. The lowest BCUT2D eigenvalue weighted by atomic mass is 9.75. The molecule has 0 aromatic heterocycles. The number of hydrogen-bond acceptors (Lipinski definition) is 1. The van der Waals surface area contributed by atoms with Crippen molar-refractivity contribution in [1.29, 1.82) is 0 Å². The number of rotatable bonds is 3. The SMILES string of the molecule is C[C@@H]1CC=C[C@H]2[C@H]1C(=O)N(Cc1ccccc1)[C@H]2c1ccc2ccccc2c1. The van der Waals surface area contributed by atoms with Crippen LogP contribution in [0.5, 0.6) is 0 Å². The van der Waals surface area contributed by atoms with E-state index >= 15 is 0 Å². The Balaban J connectivity index is 1.60. The van der Waals surface area contributed by atoms with Crippen LogP contribution >= 0.6 is 0 Å². The fraction of sp³-hybridized carbons (Fsp3) is 0.269. The minimum atomic E-state index is 0.0881. The Bertz CT molecular complexity index is 1040. The van der Waals surface area contributed by atoms with Crippen molar-refractivity contribution in [3.05, 3.63) is 96.1 Å². The van der Waals surface area contributed by atoms with Gasteiger partial charge < -0.3 is 4.90 Å². The first-order valence-electron chi connectivity index (χ1n) is 10.2. The molecule has 1 saturated heterocycles. The standard InChI is InChI=1S/C26H25NO/c1-18-8-7-13-23-24(18)26(28)27(17-19-9-3-2-4-10-19)25(23)22-15-14-20-11-5-6-12-21(20)16-22/h2-7,9-16,18,23-25H,8,17H2,1H3/t18-,23+,24+,25+/m1/s1. The molecule has 2 heteroatoms. The average Bonchev–Trinajstić information content (AvgIpc) is 3.01. The number of nitrogens with zero attached hydrogens (tertiary/aromatic N) is 1. The van der Waals surface area contributed by atoms with Crippen LogP contribution in [0, 0.1) is 17.8 Å². The number of fused-ring (bicyclic) bond motifs is 2. The molecular formula is C26H25NO. The van der Waals surface area contributed by atoms with Crippen LogP contribution in [0.25, 0.3) is 10.8 Å². The maximum absolute atomic E-state index is 13.5. The van der Waals surface area contributed by atoms with Gasteiger partial charge in [-0.1, -0.05) is 85.8 Å². The predicted octanol–water partition coefficient (Wildman–Crippen LogP) is 5.75. The van der Waals surface area contributed by atoms with Crippen LogP contribution in [0.1, 0.15) is 30.5 Å². The summed E-state index contributed by atoms with van der Waals surface area (Å²) in [5, 5.41) is 2.48. The zero-order valence-electron chi connectivity index (χ0n) is 16.2. The van der Waals surface area contributed by atoms with Gasteiger partial charge in [-0.25, -0.2) is 0 Å². The van der Waals surface area contributed by atoms with Crippen molar-refractivity contribution in [2.24, 2.45) is 17.8 Å². The molecule has 1 amide bonds. The fourth-order valence-corrected chi connectivity index (χ4v) is 5.09. The molecule has 0 unspecified atom stereocenters. The third-order valence-electron chi connectivity index (χ3n) is 6.47. The van der Waals surface area contributed by atoms with Gasteiger partial charge in [0.15, 0.2) is 0 Å². The van der Waals surface area contributed by atoms with Gasteiger partial charge in [0.25, 0.3) is 0 Å². The average molecular weight is 367 g/mol. The molecule has 2 nitrogen and oxygen atoms in total. The zero-order valence-corrected chi connectivity index (χ0v) is 16.2. The number of likely N-dealkylation sites (tertiary alicyclic amines) is 1. The second-order valence-corrected chi connectivity index (χ2v) is 8.25. The molecule has 3 aromatic rings. The predicted molar refractivity (Wildman–Crippen MR) is 114 cm³/mol. The largest absolute Gasteiger partial charge is 0.330 e. The molecule has 28 heavy (non-hydrogen) atoms. The lowest BCUT2D eigenvalue weighted by molar-refractivity contribution is -0.134. The van der Waals surface area contributed by atoms with E-state index in [4.69, 9.17) is 0 Å². The van der Waals surface area contributed by atoms with Crippen molar-refractivity contribution >= 4 is 16.7 Å². The van der Waals surface area contributed by atoms with E-state index in [0.717, 1.165) is 6.42 Å². The van der Waals surface area contributed by atoms with E-state index in [-0.39, 0.29) is 17.9 Å². The van der Waals surface area contributed by atoms with Crippen molar-refractivity contribution in [1.82, 2.24) is 4.90 Å². The number of carbonyl (C=O) groups is 1. The van der Waals surface area contributed by atoms with Gasteiger partial charge in [0.1, 0.15) is 0 Å². The van der Waals surface area contributed by atoms with Crippen LogP contribution < -0.4 is 0 Å². The Morgan fingerprint density at radius 3 is 2.50 bits per heavy atom. The number of allylic oxidation sites excluding steroid dienone is 1. The number of carbonyl (C=O) groups excluding carboxylic acids is 1. The molecule has 2 aliphatic rings. The molecule has 0 saturated carbocycles. The highest BCUT2D eigenvalue weighted by Gasteiger charge is 2.50. The maximum Gasteiger partial charge on any atom is 0.227 e. The first kappa shape index (κ1) is 17.2. The first-order chi connectivity index (χ1) is 13.7. The van der Waals surface area contributed by atoms with Gasteiger partial charge in [-0.3, -0.25) is 4.79 Å². The first-order valence-corrected chi connectivity index (χ1v) is 10.2. The maximum atomic E-state index is 13.5. The molecule has 1 fully saturated rings. The summed E-state index contributed by atoms with van der Waals surface area (Å²) in [6, 6.07) is 25.6. The van der Waals surface area contributed by atoms with Gasteiger partial charge in [-0.15, -0.1) is 0 Å². The van der Waals surface area contributed by atoms with Crippen LogP contribution in [0.2, 0.25) is 0 Å². The van der Waals surface area contributed by atoms with Gasteiger partial charge in [0.05, 0.1) is 6.04 Å². The van der Waals surface area contributed by atoms with E-state index < -0.39 is 0 Å². The van der Waals surface area contributed by atoms with Crippen LogP contribution in [0.3, 0.4) is 0 Å². The monoisotopic (exact) mass is 367 g/mol. The highest BCUT2D eigenvalue weighted by molar-refractivity contribution is 5.86. The third-order valence-corrected chi connectivity index (χ3v) is 6.47. The Kier molecular flexibility index (Phi) is 4.27. The lowest BCUT2D eigenvalue weighted by Gasteiger charge is -2.29. The minimum absolute atomic E-state index is 0.0881. The molecule has 1 heterocycles. The van der Waals surface area contributed by atoms with Crippen molar-refractivity contribution in [2.45, 2.75) is 25.9 Å². The summed E-state index contributed by atoms with van der Waals surface area (Å²) in [4.78, 5) is 15.6. The molecule has 0 spiro atoms. The summed E-state index contributed by atoms with van der Waals surface area (Å²) in [5.41, 5.74) is 2.44. The van der Waals surface area contributed by atoms with Gasteiger partial charge >= 0.3 is 0 Å². The number of benzene rings is 3. The van der Waals surface area contributed by atoms with Crippen molar-refractivity contribution < 1.29 is 4.79 Å². The minimum Gasteiger partial charge on any atom is -0.330 e. The second-order valence-electron chi connectivity index (χ2n) is 8.25. The van der Waals surface area contributed by atoms with Crippen molar-refractivity contribution in [3.8, 4) is 0 Å². The van der Waals surface area contributed by atoms with Crippen molar-refractivity contribution in [3.63, 3.8) is 0 Å². The summed E-state index contributed by atoms with van der Waals surface area (Å²) in [7, 11) is 0. The summed E-state index contributed by atoms with van der Waals surface area (Å²) in [6.45, 7) is 2.90. The summed E-state index contributed by atoms with van der Waals surface area (Å²) in [5.74, 6) is 1.04. The molecule has 3 aromatic carbocycles. The Labute approximate surface area is 166 Å². The summed E-state index contributed by atoms with van der Waals surface area (Å²) >= 11 is 0. The molecular weight excluding hydrogens is 342 g/mol. The summed E-state index contributed by atoms with van der Waals surface area (Å²) in [6.07, 6.45) is 5.57. The van der Waals surface area contributed by atoms with Crippen LogP contribution in [-0.2, 0) is 11.3 Å². The Morgan fingerprint density at radius 1 is 0.929 bits per heavy atom. The number of amides is 1. The van der Waals surface area contributed by atoms with Crippen molar-refractivity contribution in [2.75, 3.05) is 0 Å².